The fourth-order valence-electron chi connectivity index (χ4n) is 2.79. The van der Waals surface area contributed by atoms with Crippen LogP contribution >= 0.6 is 0 Å². The van der Waals surface area contributed by atoms with Crippen LogP contribution in [0.2, 0.25) is 0 Å². The molecule has 5 nitrogen and oxygen atoms in total. The fraction of sp³-hybridized carbons (Fsp3) is 0.929. The van der Waals surface area contributed by atoms with E-state index < -0.39 is 0 Å². The lowest BCUT2D eigenvalue weighted by Crippen LogP contribution is -2.50. The van der Waals surface area contributed by atoms with E-state index in [1.165, 1.54) is 12.8 Å². The van der Waals surface area contributed by atoms with Gasteiger partial charge in [-0.05, 0) is 26.8 Å². The van der Waals surface area contributed by atoms with Crippen molar-refractivity contribution in [2.24, 2.45) is 0 Å². The number of morpholine rings is 1. The third-order valence-electron chi connectivity index (χ3n) is 4.09. The molecule has 2 aliphatic rings. The molecule has 0 spiro atoms. The van der Waals surface area contributed by atoms with Crippen molar-refractivity contribution < 1.29 is 9.53 Å². The number of likely N-dealkylation sites (N-methyl/N-ethyl adjacent to an activating group) is 1. The van der Waals surface area contributed by atoms with Crippen molar-refractivity contribution in [2.75, 3.05) is 33.3 Å². The molecule has 19 heavy (non-hydrogen) atoms. The Morgan fingerprint density at radius 1 is 1.42 bits per heavy atom. The molecule has 1 saturated carbocycles. The molecule has 0 aromatic rings. The molecule has 5 heteroatoms. The lowest BCUT2D eigenvalue weighted by molar-refractivity contribution is -0.123. The van der Waals surface area contributed by atoms with E-state index in [4.69, 9.17) is 4.74 Å². The monoisotopic (exact) mass is 269 g/mol. The predicted octanol–water partition coefficient (Wildman–Crippen LogP) is 0.354. The number of hydrogen-bond acceptors (Lipinski definition) is 4. The number of hydrogen-bond donors (Lipinski definition) is 2. The van der Waals surface area contributed by atoms with Crippen LogP contribution in [0.15, 0.2) is 0 Å². The van der Waals surface area contributed by atoms with E-state index in [0.717, 1.165) is 39.1 Å². The van der Waals surface area contributed by atoms with Crippen LogP contribution in [0.5, 0.6) is 0 Å². The highest BCUT2D eigenvalue weighted by molar-refractivity contribution is 5.81. The maximum atomic E-state index is 12.0. The lowest BCUT2D eigenvalue weighted by atomic mass is 10.2. The minimum absolute atomic E-state index is 0.121. The minimum Gasteiger partial charge on any atom is -0.374 e. The molecule has 2 rings (SSSR count). The number of amides is 1. The number of nitrogens with one attached hydrogen (secondary N) is 2. The van der Waals surface area contributed by atoms with Crippen molar-refractivity contribution in [2.45, 2.75) is 50.8 Å². The van der Waals surface area contributed by atoms with Crippen molar-refractivity contribution in [1.29, 1.82) is 0 Å². The molecule has 1 amide bonds. The van der Waals surface area contributed by atoms with Gasteiger partial charge in [0.1, 0.15) is 0 Å². The smallest absolute Gasteiger partial charge is 0.237 e. The van der Waals surface area contributed by atoms with Gasteiger partial charge in [0.2, 0.25) is 5.91 Å². The summed E-state index contributed by atoms with van der Waals surface area (Å²) in [6.07, 6.45) is 4.95. The first kappa shape index (κ1) is 14.8. The van der Waals surface area contributed by atoms with E-state index in [1.807, 2.05) is 6.92 Å². The Kier molecular flexibility index (Phi) is 5.60. The summed E-state index contributed by atoms with van der Waals surface area (Å²) in [6, 6.07) is 0.255. The molecule has 2 fully saturated rings. The molecule has 1 aliphatic heterocycles. The molecule has 2 N–H and O–H groups in total. The van der Waals surface area contributed by atoms with Gasteiger partial charge in [0, 0.05) is 25.7 Å². The van der Waals surface area contributed by atoms with Crippen molar-refractivity contribution >= 4 is 5.91 Å². The van der Waals surface area contributed by atoms with E-state index in [9.17, 15) is 4.79 Å². The Labute approximate surface area is 116 Å². The van der Waals surface area contributed by atoms with Gasteiger partial charge < -0.3 is 20.3 Å². The van der Waals surface area contributed by atoms with Gasteiger partial charge in [-0.3, -0.25) is 4.79 Å². The first-order chi connectivity index (χ1) is 9.15. The highest BCUT2D eigenvalue weighted by atomic mass is 16.5. The molecule has 0 aromatic carbocycles. The van der Waals surface area contributed by atoms with Crippen LogP contribution in [-0.2, 0) is 9.53 Å². The summed E-state index contributed by atoms with van der Waals surface area (Å²) in [7, 11) is 2.10. The van der Waals surface area contributed by atoms with Crippen LogP contribution in [-0.4, -0.2) is 62.3 Å². The van der Waals surface area contributed by atoms with Crippen molar-refractivity contribution in [3.05, 3.63) is 0 Å². The molecule has 2 atom stereocenters. The van der Waals surface area contributed by atoms with Crippen LogP contribution in [0, 0.1) is 0 Å². The van der Waals surface area contributed by atoms with E-state index in [1.54, 1.807) is 0 Å². The highest BCUT2D eigenvalue weighted by Crippen LogP contribution is 2.17. The first-order valence-corrected chi connectivity index (χ1v) is 7.49. The molecule has 110 valence electrons. The maximum Gasteiger partial charge on any atom is 0.237 e. The van der Waals surface area contributed by atoms with Gasteiger partial charge in [0.15, 0.2) is 0 Å². The van der Waals surface area contributed by atoms with Crippen LogP contribution < -0.4 is 10.6 Å². The topological polar surface area (TPSA) is 53.6 Å². The molecular formula is C14H27N3O2. The number of nitrogens with zero attached hydrogens (tertiary/aromatic N) is 1. The Morgan fingerprint density at radius 2 is 2.16 bits per heavy atom. The van der Waals surface area contributed by atoms with Crippen LogP contribution in [0.3, 0.4) is 0 Å². The van der Waals surface area contributed by atoms with Crippen LogP contribution in [0.1, 0.15) is 32.6 Å². The Balaban J connectivity index is 1.65. The standard InChI is InChI=1S/C14H27N3O2/c1-11(14(18)16-12-5-3-4-6-12)15-9-13-10-17(2)7-8-19-13/h11-13,15H,3-10H2,1-2H3,(H,16,18). The largest absolute Gasteiger partial charge is 0.374 e. The summed E-state index contributed by atoms with van der Waals surface area (Å²) in [4.78, 5) is 14.3. The van der Waals surface area contributed by atoms with Gasteiger partial charge in [-0.2, -0.15) is 0 Å². The molecule has 0 aromatic heterocycles. The van der Waals surface area contributed by atoms with Gasteiger partial charge in [0.25, 0.3) is 0 Å². The summed E-state index contributed by atoms with van der Waals surface area (Å²) in [5.41, 5.74) is 0. The predicted molar refractivity (Wildman–Crippen MR) is 75.1 cm³/mol. The quantitative estimate of drug-likeness (QED) is 0.756. The van der Waals surface area contributed by atoms with E-state index in [-0.39, 0.29) is 18.1 Å². The second-order valence-electron chi connectivity index (χ2n) is 5.87. The molecule has 0 radical (unpaired) electrons. The van der Waals surface area contributed by atoms with Crippen molar-refractivity contribution in [1.82, 2.24) is 15.5 Å². The van der Waals surface area contributed by atoms with Gasteiger partial charge in [-0.1, -0.05) is 12.8 Å². The van der Waals surface area contributed by atoms with E-state index >= 15 is 0 Å². The lowest BCUT2D eigenvalue weighted by Gasteiger charge is -2.31. The fourth-order valence-corrected chi connectivity index (χ4v) is 2.79. The maximum absolute atomic E-state index is 12.0. The molecule has 1 aliphatic carbocycles. The summed E-state index contributed by atoms with van der Waals surface area (Å²) in [5.74, 6) is 0.121. The third kappa shape index (κ3) is 4.75. The van der Waals surface area contributed by atoms with Gasteiger partial charge in [-0.15, -0.1) is 0 Å². The number of carbonyl (C=O) groups is 1. The zero-order valence-corrected chi connectivity index (χ0v) is 12.2. The molecule has 1 saturated heterocycles. The molecule has 2 unspecified atom stereocenters. The Hall–Kier alpha value is -0.650. The van der Waals surface area contributed by atoms with Gasteiger partial charge >= 0.3 is 0 Å². The number of ether oxygens (including phenoxy) is 1. The van der Waals surface area contributed by atoms with Crippen molar-refractivity contribution in [3.8, 4) is 0 Å². The summed E-state index contributed by atoms with van der Waals surface area (Å²) >= 11 is 0. The zero-order valence-electron chi connectivity index (χ0n) is 12.2. The number of carbonyl (C=O) groups excluding carboxylic acids is 1. The summed E-state index contributed by atoms with van der Waals surface area (Å²) < 4.78 is 5.68. The zero-order chi connectivity index (χ0) is 13.7. The first-order valence-electron chi connectivity index (χ1n) is 7.49. The Bertz CT molecular complexity index is 292. The van der Waals surface area contributed by atoms with Crippen LogP contribution in [0.25, 0.3) is 0 Å². The van der Waals surface area contributed by atoms with E-state index in [2.05, 4.69) is 22.6 Å². The molecule has 0 bridgehead atoms. The summed E-state index contributed by atoms with van der Waals surface area (Å²) in [5, 5.41) is 6.41. The van der Waals surface area contributed by atoms with Gasteiger partial charge in [0.05, 0.1) is 18.8 Å². The molecular weight excluding hydrogens is 242 g/mol. The van der Waals surface area contributed by atoms with Crippen molar-refractivity contribution in [3.63, 3.8) is 0 Å². The Morgan fingerprint density at radius 3 is 2.84 bits per heavy atom. The average molecular weight is 269 g/mol. The summed E-state index contributed by atoms with van der Waals surface area (Å²) in [6.45, 7) is 5.38. The van der Waals surface area contributed by atoms with Gasteiger partial charge in [-0.25, -0.2) is 0 Å². The minimum atomic E-state index is -0.142. The second kappa shape index (κ2) is 7.22. The highest BCUT2D eigenvalue weighted by Gasteiger charge is 2.22. The second-order valence-corrected chi connectivity index (χ2v) is 5.87. The number of rotatable bonds is 5. The SMILES string of the molecule is CC(NCC1CN(C)CCO1)C(=O)NC1CCCC1. The average Bonchev–Trinajstić information content (AvgIpc) is 2.89. The normalized spacial score (nSPS) is 27.4. The third-order valence-corrected chi connectivity index (χ3v) is 4.09. The van der Waals surface area contributed by atoms with Crippen LogP contribution in [0.4, 0.5) is 0 Å². The van der Waals surface area contributed by atoms with E-state index in [0.29, 0.717) is 6.04 Å². The molecule has 1 heterocycles.